The molecule has 5 rings (SSSR count). The van der Waals surface area contributed by atoms with Crippen LogP contribution in [0.2, 0.25) is 0 Å². The molecule has 1 unspecified atom stereocenters. The molecule has 2 N–H and O–H groups in total. The van der Waals surface area contributed by atoms with Gasteiger partial charge in [-0.15, -0.1) is 0 Å². The standard InChI is InChI=1S/C28H27ClFN3O4/c1-2-26(12-7-4-8-13-26)37-25(36)32-23-22(30)18-31-33(23)28(27(15-16-27)24(34)35)14-11-20(21(29)17-28)19-9-5-3-6-10-19/h3-12,14,18H,2,13,15-17H2,1H3,(H,32,36)(H,34,35)/t26?,28-/m0/s1. The van der Waals surface area contributed by atoms with Gasteiger partial charge in [0.25, 0.3) is 0 Å². The second-order valence-electron chi connectivity index (χ2n) is 9.68. The summed E-state index contributed by atoms with van der Waals surface area (Å²) in [5.41, 5.74) is -1.81. The number of nitrogens with zero attached hydrogens (tertiary/aromatic N) is 2. The van der Waals surface area contributed by atoms with E-state index in [1.807, 2.05) is 49.4 Å². The first-order valence-corrected chi connectivity index (χ1v) is 12.6. The van der Waals surface area contributed by atoms with E-state index in [4.69, 9.17) is 16.3 Å². The Morgan fingerprint density at radius 3 is 2.57 bits per heavy atom. The summed E-state index contributed by atoms with van der Waals surface area (Å²) in [6, 6.07) is 9.49. The van der Waals surface area contributed by atoms with Crippen molar-refractivity contribution in [3.05, 3.63) is 89.4 Å². The van der Waals surface area contributed by atoms with Gasteiger partial charge in [0, 0.05) is 17.9 Å². The maximum atomic E-state index is 15.1. The minimum Gasteiger partial charge on any atom is -0.481 e. The Labute approximate surface area is 219 Å². The van der Waals surface area contributed by atoms with Crippen molar-refractivity contribution in [1.29, 1.82) is 0 Å². The molecule has 37 heavy (non-hydrogen) atoms. The smallest absolute Gasteiger partial charge is 0.413 e. The van der Waals surface area contributed by atoms with E-state index in [0.29, 0.717) is 30.7 Å². The summed E-state index contributed by atoms with van der Waals surface area (Å²) in [5, 5.41) is 17.4. The quantitative estimate of drug-likeness (QED) is 0.437. The SMILES string of the molecule is CCC1(OC(=O)Nc2c(F)cnn2[C@@]2(C3(C(=O)O)CC3)C=CC(c3ccccc3)=C(Cl)C2)C=CC=CC1. The molecule has 0 saturated heterocycles. The van der Waals surface area contributed by atoms with E-state index in [0.717, 1.165) is 17.3 Å². The Bertz CT molecular complexity index is 1360. The van der Waals surface area contributed by atoms with Crippen LogP contribution in [0.3, 0.4) is 0 Å². The van der Waals surface area contributed by atoms with E-state index in [2.05, 4.69) is 10.4 Å². The summed E-state index contributed by atoms with van der Waals surface area (Å²) in [4.78, 5) is 25.5. The fourth-order valence-electron chi connectivity index (χ4n) is 5.31. The van der Waals surface area contributed by atoms with Crippen LogP contribution in [0.15, 0.2) is 78.0 Å². The maximum Gasteiger partial charge on any atom is 0.413 e. The predicted octanol–water partition coefficient (Wildman–Crippen LogP) is 6.41. The van der Waals surface area contributed by atoms with Gasteiger partial charge in [0.1, 0.15) is 11.1 Å². The van der Waals surface area contributed by atoms with Crippen LogP contribution in [-0.2, 0) is 15.1 Å². The summed E-state index contributed by atoms with van der Waals surface area (Å²) in [7, 11) is 0. The number of halogens is 2. The van der Waals surface area contributed by atoms with Gasteiger partial charge in [0.05, 0.1) is 11.6 Å². The van der Waals surface area contributed by atoms with Crippen molar-refractivity contribution in [3.63, 3.8) is 0 Å². The number of aromatic nitrogens is 2. The maximum absolute atomic E-state index is 15.1. The zero-order valence-electron chi connectivity index (χ0n) is 20.3. The number of anilines is 1. The van der Waals surface area contributed by atoms with Crippen LogP contribution in [0.25, 0.3) is 5.57 Å². The molecular formula is C28H27ClFN3O4. The lowest BCUT2D eigenvalue weighted by molar-refractivity contribution is -0.147. The van der Waals surface area contributed by atoms with Crippen LogP contribution in [-0.4, -0.2) is 32.6 Å². The molecule has 1 saturated carbocycles. The molecule has 0 bridgehead atoms. The Morgan fingerprint density at radius 1 is 1.22 bits per heavy atom. The number of allylic oxidation sites excluding steroid dienone is 6. The lowest BCUT2D eigenvalue weighted by Crippen LogP contribution is -2.48. The number of hydrogen-bond donors (Lipinski definition) is 2. The normalized spacial score (nSPS) is 25.7. The van der Waals surface area contributed by atoms with Gasteiger partial charge in [-0.1, -0.05) is 79.2 Å². The van der Waals surface area contributed by atoms with Gasteiger partial charge in [-0.2, -0.15) is 5.10 Å². The summed E-state index contributed by atoms with van der Waals surface area (Å²) in [5.74, 6) is -2.10. The summed E-state index contributed by atoms with van der Waals surface area (Å²) in [6.45, 7) is 1.89. The zero-order chi connectivity index (χ0) is 26.3. The third-order valence-electron chi connectivity index (χ3n) is 7.64. The van der Waals surface area contributed by atoms with Crippen LogP contribution in [0.4, 0.5) is 15.0 Å². The number of nitrogens with one attached hydrogen (secondary N) is 1. The third-order valence-corrected chi connectivity index (χ3v) is 7.98. The molecule has 1 amide bonds. The molecular weight excluding hydrogens is 497 g/mol. The summed E-state index contributed by atoms with van der Waals surface area (Å²) >= 11 is 6.80. The van der Waals surface area contributed by atoms with E-state index in [1.54, 1.807) is 24.3 Å². The van der Waals surface area contributed by atoms with Gasteiger partial charge >= 0.3 is 12.1 Å². The number of carbonyl (C=O) groups is 2. The Morgan fingerprint density at radius 2 is 1.97 bits per heavy atom. The average molecular weight is 524 g/mol. The highest BCUT2D eigenvalue weighted by Crippen LogP contribution is 2.63. The van der Waals surface area contributed by atoms with Crippen molar-refractivity contribution in [2.75, 3.05) is 5.32 Å². The number of ether oxygens (including phenoxy) is 1. The fourth-order valence-corrected chi connectivity index (χ4v) is 5.69. The topological polar surface area (TPSA) is 93.5 Å². The highest BCUT2D eigenvalue weighted by atomic mass is 35.5. The highest BCUT2D eigenvalue weighted by Gasteiger charge is 2.66. The Kier molecular flexibility index (Phi) is 6.31. The molecule has 0 aliphatic heterocycles. The van der Waals surface area contributed by atoms with Gasteiger partial charge in [-0.25, -0.2) is 13.9 Å². The average Bonchev–Trinajstić information content (AvgIpc) is 3.65. The molecule has 1 aromatic carbocycles. The van der Waals surface area contributed by atoms with Crippen LogP contribution >= 0.6 is 11.6 Å². The van der Waals surface area contributed by atoms with Crippen molar-refractivity contribution < 1.29 is 23.8 Å². The molecule has 192 valence electrons. The first-order valence-electron chi connectivity index (χ1n) is 12.2. The van der Waals surface area contributed by atoms with E-state index in [1.165, 1.54) is 4.68 Å². The molecule has 2 atom stereocenters. The monoisotopic (exact) mass is 523 g/mol. The molecule has 1 heterocycles. The van der Waals surface area contributed by atoms with Crippen molar-refractivity contribution in [1.82, 2.24) is 9.78 Å². The van der Waals surface area contributed by atoms with Crippen LogP contribution in [0.1, 0.15) is 44.6 Å². The highest BCUT2D eigenvalue weighted by molar-refractivity contribution is 6.33. The molecule has 1 fully saturated rings. The van der Waals surface area contributed by atoms with Gasteiger partial charge in [-0.3, -0.25) is 10.1 Å². The molecule has 0 spiro atoms. The minimum atomic E-state index is -1.34. The second-order valence-corrected chi connectivity index (χ2v) is 10.1. The van der Waals surface area contributed by atoms with Gasteiger partial charge in [0.15, 0.2) is 11.6 Å². The number of carboxylic acids is 1. The predicted molar refractivity (Wildman–Crippen MR) is 138 cm³/mol. The number of amides is 1. The Hall–Kier alpha value is -3.65. The van der Waals surface area contributed by atoms with E-state index < -0.39 is 34.4 Å². The fraction of sp³-hybridized carbons (Fsp3) is 0.321. The first-order chi connectivity index (χ1) is 17.8. The molecule has 3 aliphatic rings. The van der Waals surface area contributed by atoms with Crippen molar-refractivity contribution in [2.24, 2.45) is 5.41 Å². The van der Waals surface area contributed by atoms with Crippen molar-refractivity contribution in [3.8, 4) is 0 Å². The van der Waals surface area contributed by atoms with Gasteiger partial charge in [0.2, 0.25) is 0 Å². The van der Waals surface area contributed by atoms with E-state index in [9.17, 15) is 14.7 Å². The molecule has 1 aromatic heterocycles. The molecule has 2 aromatic rings. The van der Waals surface area contributed by atoms with Crippen LogP contribution in [0, 0.1) is 11.2 Å². The van der Waals surface area contributed by atoms with Gasteiger partial charge < -0.3 is 9.84 Å². The molecule has 3 aliphatic carbocycles. The summed E-state index contributed by atoms with van der Waals surface area (Å²) in [6.07, 6.45) is 12.8. The summed E-state index contributed by atoms with van der Waals surface area (Å²) < 4.78 is 22.1. The Balaban J connectivity index is 1.52. The number of aliphatic carboxylic acids is 1. The number of hydrogen-bond acceptors (Lipinski definition) is 4. The van der Waals surface area contributed by atoms with Gasteiger partial charge in [-0.05, 0) is 36.5 Å². The number of benzene rings is 1. The number of rotatable bonds is 7. The first kappa shape index (κ1) is 25.0. The van der Waals surface area contributed by atoms with Crippen molar-refractivity contribution >= 4 is 35.1 Å². The molecule has 7 nitrogen and oxygen atoms in total. The third kappa shape index (κ3) is 4.19. The number of carbonyl (C=O) groups excluding carboxylic acids is 1. The second kappa shape index (κ2) is 9.34. The number of carboxylic acid groups (broad SMARTS) is 1. The minimum absolute atomic E-state index is 0.0683. The van der Waals surface area contributed by atoms with E-state index >= 15 is 4.39 Å². The zero-order valence-corrected chi connectivity index (χ0v) is 21.0. The van der Waals surface area contributed by atoms with Crippen LogP contribution in [0.5, 0.6) is 0 Å². The largest absolute Gasteiger partial charge is 0.481 e. The lowest BCUT2D eigenvalue weighted by atomic mass is 9.74. The van der Waals surface area contributed by atoms with E-state index in [-0.39, 0.29) is 12.2 Å². The molecule has 9 heteroatoms. The lowest BCUT2D eigenvalue weighted by Gasteiger charge is -2.40. The molecule has 0 radical (unpaired) electrons. The van der Waals surface area contributed by atoms with Crippen molar-refractivity contribution in [2.45, 2.75) is 50.2 Å². The van der Waals surface area contributed by atoms with Crippen LogP contribution < -0.4 is 5.32 Å².